The Morgan fingerprint density at radius 3 is 1.51 bits per heavy atom. The number of hydrazone groups is 1. The highest BCUT2D eigenvalue weighted by Gasteiger charge is 2.30. The topological polar surface area (TPSA) is 206 Å². The molecule has 0 atom stereocenters. The lowest BCUT2D eigenvalue weighted by Crippen LogP contribution is -2.28. The van der Waals surface area contributed by atoms with Crippen molar-refractivity contribution in [2.24, 2.45) is 28.8 Å². The fraction of sp³-hybridized carbons (Fsp3) is 0.448. The quantitative estimate of drug-likeness (QED) is 0.00685. The third-order valence-corrected chi connectivity index (χ3v) is 15.8. The van der Waals surface area contributed by atoms with Gasteiger partial charge in [0.15, 0.2) is 0 Å². The minimum atomic E-state index is -0.514. The van der Waals surface area contributed by atoms with E-state index in [4.69, 9.17) is 57.5 Å². The lowest BCUT2D eigenvalue weighted by Gasteiger charge is -2.28. The van der Waals surface area contributed by atoms with E-state index in [-0.39, 0.29) is 55.4 Å². The summed E-state index contributed by atoms with van der Waals surface area (Å²) in [5.41, 5.74) is 1.55. The molecule has 0 radical (unpaired) electrons. The normalized spacial score (nSPS) is 16.5. The molecule has 2 saturated carbocycles. The number of para-hydroxylation sites is 1. The summed E-state index contributed by atoms with van der Waals surface area (Å²) in [6.07, 6.45) is 18.2. The standard InChI is InChI=1S/C67H81N3O15S/c1-4-62(71)79-40-15-9-7-13-38-77-54-27-31-56(32-28-54)84-65(74)51-23-19-49(20-24-51)47-82-58-35-36-60(53(45-58)46-68-70(37-42-76-43-44-81-64(73)6-3)67-69-59-17-11-12-18-61(59)86-67)83-48-50-21-25-52(26-22-50)66(75)85-57-33-29-55(30-34-57)78-39-14-8-10-16-41-80-63(72)5-2/h4-6,11-12,17-18,27-36,45-46,49-52H,1-3,7-10,13-16,19-26,37-44,47-48H2/b68-46+. The zero-order valence-corrected chi connectivity index (χ0v) is 50.0. The number of rotatable bonds is 38. The molecule has 0 saturated heterocycles. The molecule has 5 aromatic rings. The van der Waals surface area contributed by atoms with E-state index in [2.05, 4.69) is 19.7 Å². The third kappa shape index (κ3) is 23.1. The van der Waals surface area contributed by atoms with Crippen molar-refractivity contribution < 1.29 is 71.3 Å². The molecule has 2 aliphatic carbocycles. The van der Waals surface area contributed by atoms with Crippen molar-refractivity contribution in [1.82, 2.24) is 4.98 Å². The van der Waals surface area contributed by atoms with Gasteiger partial charge in [0.1, 0.15) is 41.1 Å². The zero-order chi connectivity index (χ0) is 60.6. The zero-order valence-electron chi connectivity index (χ0n) is 49.2. The second-order valence-corrected chi connectivity index (χ2v) is 22.1. The predicted molar refractivity (Wildman–Crippen MR) is 329 cm³/mol. The molecule has 18 nitrogen and oxygen atoms in total. The van der Waals surface area contributed by atoms with Crippen LogP contribution in [-0.2, 0) is 42.9 Å². The molecule has 0 unspecified atom stereocenters. The molecule has 4 aromatic carbocycles. The van der Waals surface area contributed by atoms with Crippen molar-refractivity contribution in [3.8, 4) is 34.5 Å². The van der Waals surface area contributed by atoms with Gasteiger partial charge in [-0.05, 0) is 193 Å². The number of unbranched alkanes of at least 4 members (excludes halogenated alkanes) is 6. The summed E-state index contributed by atoms with van der Waals surface area (Å²) >= 11 is 1.51. The Hall–Kier alpha value is -8.03. The van der Waals surface area contributed by atoms with Crippen molar-refractivity contribution in [2.45, 2.75) is 103 Å². The molecule has 2 fully saturated rings. The minimum absolute atomic E-state index is 0.0909. The average molecular weight is 1200 g/mol. The first kappa shape index (κ1) is 65.5. The largest absolute Gasteiger partial charge is 0.494 e. The number of esters is 5. The highest BCUT2D eigenvalue weighted by Crippen LogP contribution is 2.35. The summed E-state index contributed by atoms with van der Waals surface area (Å²) in [6.45, 7) is 13.9. The van der Waals surface area contributed by atoms with Crippen LogP contribution < -0.4 is 33.4 Å². The monoisotopic (exact) mass is 1200 g/mol. The number of benzene rings is 4. The van der Waals surface area contributed by atoms with Gasteiger partial charge in [-0.1, -0.05) is 43.2 Å². The Balaban J connectivity index is 0.899. The maximum Gasteiger partial charge on any atom is 0.330 e. The number of aromatic nitrogens is 1. The molecule has 0 bridgehead atoms. The van der Waals surface area contributed by atoms with Crippen LogP contribution in [0, 0.1) is 23.7 Å². The number of anilines is 1. The van der Waals surface area contributed by atoms with E-state index in [9.17, 15) is 24.0 Å². The first-order valence-electron chi connectivity index (χ1n) is 30.0. The van der Waals surface area contributed by atoms with E-state index in [1.165, 1.54) is 23.5 Å². The van der Waals surface area contributed by atoms with Crippen LogP contribution in [0.5, 0.6) is 34.5 Å². The van der Waals surface area contributed by atoms with Crippen LogP contribution in [0.1, 0.15) is 108 Å². The lowest BCUT2D eigenvalue weighted by molar-refractivity contribution is -0.141. The highest BCUT2D eigenvalue weighted by atomic mass is 32.1. The number of ether oxygens (including phenoxy) is 10. The average Bonchev–Trinajstić information content (AvgIpc) is 4.06. The molecule has 460 valence electrons. The van der Waals surface area contributed by atoms with Crippen molar-refractivity contribution in [3.05, 3.63) is 135 Å². The molecule has 19 heteroatoms. The maximum atomic E-state index is 13.3. The van der Waals surface area contributed by atoms with Gasteiger partial charge in [-0.25, -0.2) is 24.4 Å². The molecule has 2 aliphatic rings. The number of hydrogen-bond acceptors (Lipinski definition) is 19. The van der Waals surface area contributed by atoms with E-state index < -0.39 is 17.9 Å². The first-order valence-corrected chi connectivity index (χ1v) is 30.8. The second-order valence-electron chi connectivity index (χ2n) is 21.1. The molecule has 0 amide bonds. The Labute approximate surface area is 508 Å². The van der Waals surface area contributed by atoms with Gasteiger partial charge >= 0.3 is 29.8 Å². The summed E-state index contributed by atoms with van der Waals surface area (Å²) in [5.74, 6) is 1.85. The third-order valence-electron chi connectivity index (χ3n) is 14.7. The molecular formula is C67H81N3O15S. The van der Waals surface area contributed by atoms with Gasteiger partial charge in [-0.15, -0.1) is 0 Å². The number of thiazole rings is 1. The number of nitrogens with zero attached hydrogens (tertiary/aromatic N) is 3. The SMILES string of the molecule is C=CC(=O)OCCCCCCOc1ccc(OC(=O)C2CCC(COc3ccc(OCC4CCC(C(=O)Oc5ccc(OCCCCCCOC(=O)C=C)cc5)CC4)c(/C=N/N(CCOCCOC(=O)C=C)c4nc5ccccc5s4)c3)CC2)cc1. The van der Waals surface area contributed by atoms with Gasteiger partial charge in [0.05, 0.1) is 87.7 Å². The van der Waals surface area contributed by atoms with Gasteiger partial charge in [0, 0.05) is 23.8 Å². The number of carbonyl (C=O) groups excluding carboxylic acids is 5. The molecule has 7 rings (SSSR count). The predicted octanol–water partition coefficient (Wildman–Crippen LogP) is 12.8. The van der Waals surface area contributed by atoms with Crippen LogP contribution in [0.15, 0.2) is 134 Å². The van der Waals surface area contributed by atoms with Crippen LogP contribution in [0.3, 0.4) is 0 Å². The molecule has 1 aromatic heterocycles. The minimum Gasteiger partial charge on any atom is -0.494 e. The summed E-state index contributed by atoms with van der Waals surface area (Å²) in [5, 5.41) is 7.43. The second kappa shape index (κ2) is 36.7. The molecule has 1 heterocycles. The van der Waals surface area contributed by atoms with Crippen molar-refractivity contribution in [1.29, 1.82) is 0 Å². The van der Waals surface area contributed by atoms with Gasteiger partial charge < -0.3 is 47.4 Å². The Kier molecular flexibility index (Phi) is 28.0. The smallest absolute Gasteiger partial charge is 0.330 e. The molecule has 86 heavy (non-hydrogen) atoms. The van der Waals surface area contributed by atoms with E-state index in [1.807, 2.05) is 54.6 Å². The van der Waals surface area contributed by atoms with Crippen molar-refractivity contribution in [3.63, 3.8) is 0 Å². The number of carbonyl (C=O) groups is 5. The van der Waals surface area contributed by atoms with E-state index in [0.29, 0.717) is 117 Å². The molecule has 0 N–H and O–H groups in total. The highest BCUT2D eigenvalue weighted by molar-refractivity contribution is 7.22. The van der Waals surface area contributed by atoms with Crippen LogP contribution in [0.4, 0.5) is 5.13 Å². The Bertz CT molecular complexity index is 2930. The summed E-state index contributed by atoms with van der Waals surface area (Å²) in [6, 6.07) is 27.9. The fourth-order valence-electron chi connectivity index (χ4n) is 9.78. The van der Waals surface area contributed by atoms with Crippen molar-refractivity contribution in [2.75, 3.05) is 71.0 Å². The van der Waals surface area contributed by atoms with Crippen LogP contribution >= 0.6 is 11.3 Å². The summed E-state index contributed by atoms with van der Waals surface area (Å²) < 4.78 is 58.4. The van der Waals surface area contributed by atoms with Crippen LogP contribution in [0.2, 0.25) is 0 Å². The van der Waals surface area contributed by atoms with Crippen LogP contribution in [-0.4, -0.2) is 107 Å². The van der Waals surface area contributed by atoms with E-state index in [1.54, 1.807) is 47.6 Å². The van der Waals surface area contributed by atoms with Gasteiger partial charge in [-0.2, -0.15) is 5.10 Å². The Morgan fingerprint density at radius 2 is 0.988 bits per heavy atom. The molecular weight excluding hydrogens is 1120 g/mol. The van der Waals surface area contributed by atoms with E-state index >= 15 is 0 Å². The van der Waals surface area contributed by atoms with Gasteiger partial charge in [0.2, 0.25) is 5.13 Å². The molecule has 0 spiro atoms. The first-order chi connectivity index (χ1) is 42.0. The van der Waals surface area contributed by atoms with Gasteiger partial charge in [-0.3, -0.25) is 9.59 Å². The number of fused-ring (bicyclic) bond motifs is 1. The lowest BCUT2D eigenvalue weighted by atomic mass is 9.82. The van der Waals surface area contributed by atoms with Crippen LogP contribution in [0.25, 0.3) is 10.2 Å². The number of hydrogen-bond donors (Lipinski definition) is 0. The van der Waals surface area contributed by atoms with Crippen molar-refractivity contribution >= 4 is 62.7 Å². The maximum absolute atomic E-state index is 13.3. The van der Waals surface area contributed by atoms with E-state index in [0.717, 1.165) is 93.3 Å². The molecule has 0 aliphatic heterocycles. The Morgan fingerprint density at radius 1 is 0.512 bits per heavy atom. The summed E-state index contributed by atoms with van der Waals surface area (Å²) in [7, 11) is 0. The fourth-order valence-corrected chi connectivity index (χ4v) is 10.7. The van der Waals surface area contributed by atoms with Gasteiger partial charge in [0.25, 0.3) is 0 Å². The summed E-state index contributed by atoms with van der Waals surface area (Å²) in [4.78, 5) is 65.4.